The Hall–Kier alpha value is -3.12. The monoisotopic (exact) mass is 376 g/mol. The van der Waals surface area contributed by atoms with Crippen molar-refractivity contribution in [3.63, 3.8) is 0 Å². The minimum Gasteiger partial charge on any atom is -0.496 e. The molecule has 1 saturated heterocycles. The van der Waals surface area contributed by atoms with Crippen molar-refractivity contribution in [2.75, 3.05) is 20.2 Å². The zero-order valence-corrected chi connectivity index (χ0v) is 15.9. The number of aromatic nitrogens is 2. The lowest BCUT2D eigenvalue weighted by molar-refractivity contribution is 0.0931. The second-order valence-corrected chi connectivity index (χ2v) is 6.89. The van der Waals surface area contributed by atoms with Gasteiger partial charge in [-0.3, -0.25) is 4.79 Å². The van der Waals surface area contributed by atoms with Gasteiger partial charge in [0.15, 0.2) is 0 Å². The van der Waals surface area contributed by atoms with Gasteiger partial charge in [-0.05, 0) is 43.7 Å². The largest absolute Gasteiger partial charge is 0.496 e. The van der Waals surface area contributed by atoms with E-state index >= 15 is 0 Å². The predicted molar refractivity (Wildman–Crippen MR) is 109 cm³/mol. The molecule has 2 aromatic carbocycles. The number of benzene rings is 2. The lowest BCUT2D eigenvalue weighted by atomic mass is 10.0. The first-order chi connectivity index (χ1) is 13.8. The third-order valence-corrected chi connectivity index (χ3v) is 4.97. The number of nitrogens with zero attached hydrogens (tertiary/aromatic N) is 2. The van der Waals surface area contributed by atoms with E-state index in [1.165, 1.54) is 0 Å². The van der Waals surface area contributed by atoms with Crippen LogP contribution in [0.3, 0.4) is 0 Å². The maximum Gasteiger partial charge on any atom is 0.255 e. The number of hydrogen-bond donors (Lipinski definition) is 2. The second kappa shape index (κ2) is 8.27. The van der Waals surface area contributed by atoms with Crippen molar-refractivity contribution in [1.29, 1.82) is 0 Å². The minimum atomic E-state index is -0.114. The molecule has 1 atom stereocenters. The molecule has 1 fully saturated rings. The van der Waals surface area contributed by atoms with E-state index in [9.17, 15) is 4.79 Å². The molecular weight excluding hydrogens is 352 g/mol. The number of piperidine rings is 1. The molecule has 0 saturated carbocycles. The summed E-state index contributed by atoms with van der Waals surface area (Å²) in [6.45, 7) is 1.80. The maximum absolute atomic E-state index is 13.1. The highest BCUT2D eigenvalue weighted by Crippen LogP contribution is 2.31. The van der Waals surface area contributed by atoms with E-state index in [2.05, 4.69) is 10.6 Å². The van der Waals surface area contributed by atoms with Gasteiger partial charge in [0.25, 0.3) is 5.91 Å². The number of rotatable bonds is 5. The highest BCUT2D eigenvalue weighted by molar-refractivity contribution is 6.00. The molecule has 3 aromatic rings. The van der Waals surface area contributed by atoms with Gasteiger partial charge >= 0.3 is 0 Å². The van der Waals surface area contributed by atoms with Crippen LogP contribution in [0, 0.1) is 0 Å². The summed E-state index contributed by atoms with van der Waals surface area (Å²) in [5.41, 5.74) is 2.85. The molecule has 6 nitrogen and oxygen atoms in total. The Labute approximate surface area is 164 Å². The highest BCUT2D eigenvalue weighted by atomic mass is 16.5. The normalized spacial score (nSPS) is 16.5. The number of nitrogens with one attached hydrogen (secondary N) is 2. The summed E-state index contributed by atoms with van der Waals surface area (Å²) in [7, 11) is 1.63. The molecule has 0 spiro atoms. The van der Waals surface area contributed by atoms with Crippen LogP contribution in [0.25, 0.3) is 16.9 Å². The van der Waals surface area contributed by atoms with Gasteiger partial charge in [0, 0.05) is 24.3 Å². The van der Waals surface area contributed by atoms with Crippen molar-refractivity contribution in [1.82, 2.24) is 20.4 Å². The molecule has 144 valence electrons. The van der Waals surface area contributed by atoms with Crippen LogP contribution in [-0.2, 0) is 0 Å². The number of carbonyl (C=O) groups is 1. The van der Waals surface area contributed by atoms with Gasteiger partial charge in [-0.1, -0.05) is 30.3 Å². The van der Waals surface area contributed by atoms with Gasteiger partial charge in [0.2, 0.25) is 0 Å². The Kier molecular flexibility index (Phi) is 5.39. The Morgan fingerprint density at radius 1 is 1.18 bits per heavy atom. The summed E-state index contributed by atoms with van der Waals surface area (Å²) in [6, 6.07) is 17.6. The number of ether oxygens (including phenoxy) is 1. The van der Waals surface area contributed by atoms with Crippen molar-refractivity contribution < 1.29 is 9.53 Å². The van der Waals surface area contributed by atoms with Crippen molar-refractivity contribution in [3.05, 3.63) is 66.4 Å². The first kappa shape index (κ1) is 18.3. The molecule has 1 aliphatic rings. The summed E-state index contributed by atoms with van der Waals surface area (Å²) >= 11 is 0. The third-order valence-electron chi connectivity index (χ3n) is 4.97. The van der Waals surface area contributed by atoms with Crippen LogP contribution in [0.15, 0.2) is 60.8 Å². The molecule has 1 aliphatic heterocycles. The first-order valence-electron chi connectivity index (χ1n) is 9.56. The number of methoxy groups -OCH3 is 1. The summed E-state index contributed by atoms with van der Waals surface area (Å²) in [6.07, 6.45) is 3.84. The number of carbonyl (C=O) groups excluding carboxylic acids is 1. The van der Waals surface area contributed by atoms with E-state index in [1.54, 1.807) is 18.0 Å². The van der Waals surface area contributed by atoms with Crippen molar-refractivity contribution in [2.24, 2.45) is 0 Å². The molecule has 28 heavy (non-hydrogen) atoms. The van der Waals surface area contributed by atoms with Gasteiger partial charge in [-0.15, -0.1) is 0 Å². The summed E-state index contributed by atoms with van der Waals surface area (Å²) in [4.78, 5) is 13.1. The molecule has 0 radical (unpaired) electrons. The molecule has 4 rings (SSSR count). The van der Waals surface area contributed by atoms with Gasteiger partial charge in [-0.25, -0.2) is 4.68 Å². The van der Waals surface area contributed by atoms with Gasteiger partial charge in [0.1, 0.15) is 11.4 Å². The van der Waals surface area contributed by atoms with Crippen LogP contribution in [0.1, 0.15) is 23.2 Å². The van der Waals surface area contributed by atoms with E-state index < -0.39 is 0 Å². The first-order valence-corrected chi connectivity index (χ1v) is 9.56. The Bertz CT molecular complexity index is 946. The zero-order valence-electron chi connectivity index (χ0n) is 15.9. The van der Waals surface area contributed by atoms with Crippen molar-refractivity contribution in [2.45, 2.75) is 18.9 Å². The zero-order chi connectivity index (χ0) is 19.3. The topological polar surface area (TPSA) is 68.2 Å². The number of amides is 1. The Morgan fingerprint density at radius 3 is 2.71 bits per heavy atom. The molecular formula is C22H24N4O2. The minimum absolute atomic E-state index is 0.114. The molecule has 2 N–H and O–H groups in total. The quantitative estimate of drug-likeness (QED) is 0.718. The fourth-order valence-corrected chi connectivity index (χ4v) is 3.53. The fraction of sp³-hybridized carbons (Fsp3) is 0.273. The van der Waals surface area contributed by atoms with Crippen molar-refractivity contribution >= 4 is 5.91 Å². The number of para-hydroxylation sites is 2. The number of hydrogen-bond acceptors (Lipinski definition) is 4. The standard InChI is InChI=1S/C22H24N4O2/c1-28-20-12-6-5-11-18(20)21-19(22(27)24-16-8-7-13-23-14-16)15-26(25-21)17-9-3-2-4-10-17/h2-6,9-12,15-16,23H,7-8,13-14H2,1H3,(H,24,27)/t16-/m0/s1. The lowest BCUT2D eigenvalue weighted by Gasteiger charge is -2.23. The van der Waals surface area contributed by atoms with Gasteiger partial charge < -0.3 is 15.4 Å². The molecule has 0 bridgehead atoms. The summed E-state index contributed by atoms with van der Waals surface area (Å²) < 4.78 is 7.25. The molecule has 1 amide bonds. The van der Waals surface area contributed by atoms with Crippen LogP contribution in [-0.4, -0.2) is 41.9 Å². The smallest absolute Gasteiger partial charge is 0.255 e. The van der Waals surface area contributed by atoms with E-state index in [4.69, 9.17) is 9.84 Å². The van der Waals surface area contributed by atoms with Gasteiger partial charge in [0.05, 0.1) is 18.4 Å². The predicted octanol–water partition coefficient (Wildman–Crippen LogP) is 3.03. The van der Waals surface area contributed by atoms with E-state index in [0.29, 0.717) is 17.0 Å². The molecule has 1 aromatic heterocycles. The molecule has 2 heterocycles. The average molecular weight is 376 g/mol. The Morgan fingerprint density at radius 2 is 1.96 bits per heavy atom. The molecule has 6 heteroatoms. The fourth-order valence-electron chi connectivity index (χ4n) is 3.53. The van der Waals surface area contributed by atoms with Crippen LogP contribution in [0.2, 0.25) is 0 Å². The van der Waals surface area contributed by atoms with E-state index in [0.717, 1.165) is 37.2 Å². The molecule has 0 unspecified atom stereocenters. The highest BCUT2D eigenvalue weighted by Gasteiger charge is 2.23. The van der Waals surface area contributed by atoms with Gasteiger partial charge in [-0.2, -0.15) is 5.10 Å². The summed E-state index contributed by atoms with van der Waals surface area (Å²) in [5, 5.41) is 11.2. The van der Waals surface area contributed by atoms with Crippen LogP contribution < -0.4 is 15.4 Å². The Balaban J connectivity index is 1.74. The molecule has 0 aliphatic carbocycles. The third kappa shape index (κ3) is 3.77. The van der Waals surface area contributed by atoms with E-state index in [1.807, 2.05) is 54.6 Å². The average Bonchev–Trinajstić information content (AvgIpc) is 3.20. The van der Waals surface area contributed by atoms with Crippen LogP contribution in [0.4, 0.5) is 0 Å². The van der Waals surface area contributed by atoms with E-state index in [-0.39, 0.29) is 11.9 Å². The van der Waals surface area contributed by atoms with Crippen molar-refractivity contribution in [3.8, 4) is 22.7 Å². The lowest BCUT2D eigenvalue weighted by Crippen LogP contribution is -2.45. The maximum atomic E-state index is 13.1. The van der Waals surface area contributed by atoms with Crippen LogP contribution in [0.5, 0.6) is 5.75 Å². The summed E-state index contributed by atoms with van der Waals surface area (Å²) in [5.74, 6) is 0.575. The second-order valence-electron chi connectivity index (χ2n) is 6.89. The van der Waals surface area contributed by atoms with Crippen LogP contribution >= 0.6 is 0 Å². The SMILES string of the molecule is COc1ccccc1-c1nn(-c2ccccc2)cc1C(=O)N[C@H]1CCCNC1.